The van der Waals surface area contributed by atoms with Crippen molar-refractivity contribution in [1.82, 2.24) is 9.03 Å². The SMILES string of the molecule is CS(=O)(=O)N1Cc2ccccc2C[C@H]1C=Cc1ccc(N2C=C(O)NS2(=O)=O)c(OCc2ccccc2)c1. The van der Waals surface area contributed by atoms with Crippen LogP contribution in [0.3, 0.4) is 0 Å². The number of rotatable bonds is 7. The molecule has 0 aliphatic carbocycles. The zero-order valence-electron chi connectivity index (χ0n) is 20.6. The molecule has 2 aliphatic rings. The number of nitrogens with zero attached hydrogens (tertiary/aromatic N) is 2. The van der Waals surface area contributed by atoms with Crippen LogP contribution in [0.4, 0.5) is 5.69 Å². The maximum absolute atomic E-state index is 12.5. The number of aliphatic hydroxyl groups is 1. The number of hydrogen-bond donors (Lipinski definition) is 2. The van der Waals surface area contributed by atoms with E-state index in [-0.39, 0.29) is 24.1 Å². The third-order valence-corrected chi connectivity index (χ3v) is 8.91. The molecule has 2 N–H and O–H groups in total. The van der Waals surface area contributed by atoms with Gasteiger partial charge < -0.3 is 9.84 Å². The van der Waals surface area contributed by atoms with Crippen LogP contribution in [0.25, 0.3) is 6.08 Å². The van der Waals surface area contributed by atoms with Gasteiger partial charge in [-0.05, 0) is 40.8 Å². The van der Waals surface area contributed by atoms with Gasteiger partial charge in [0.2, 0.25) is 15.9 Å². The first-order chi connectivity index (χ1) is 18.1. The fourth-order valence-electron chi connectivity index (χ4n) is 4.53. The van der Waals surface area contributed by atoms with Crippen LogP contribution in [0.5, 0.6) is 5.75 Å². The number of aliphatic hydroxyl groups excluding tert-OH is 1. The average molecular weight is 554 g/mol. The Kier molecular flexibility index (Phi) is 6.91. The molecule has 198 valence electrons. The predicted molar refractivity (Wildman–Crippen MR) is 146 cm³/mol. The van der Waals surface area contributed by atoms with Crippen molar-refractivity contribution >= 4 is 32.0 Å². The minimum atomic E-state index is -4.02. The third kappa shape index (κ3) is 5.54. The monoisotopic (exact) mass is 553 g/mol. The van der Waals surface area contributed by atoms with Crippen molar-refractivity contribution in [3.63, 3.8) is 0 Å². The minimum absolute atomic E-state index is 0.194. The lowest BCUT2D eigenvalue weighted by molar-refractivity contribution is 0.307. The van der Waals surface area contributed by atoms with Gasteiger partial charge in [-0.15, -0.1) is 0 Å². The summed E-state index contributed by atoms with van der Waals surface area (Å²) in [5, 5.41) is 9.76. The second kappa shape index (κ2) is 10.2. The predicted octanol–water partition coefficient (Wildman–Crippen LogP) is 3.68. The van der Waals surface area contributed by atoms with E-state index in [1.807, 2.05) is 65.4 Å². The summed E-state index contributed by atoms with van der Waals surface area (Å²) < 4.78 is 60.6. The van der Waals surface area contributed by atoms with E-state index in [1.54, 1.807) is 24.3 Å². The lowest BCUT2D eigenvalue weighted by Crippen LogP contribution is -2.42. The molecule has 2 aliphatic heterocycles. The number of hydrogen-bond acceptors (Lipinski definition) is 6. The molecule has 3 aromatic carbocycles. The van der Waals surface area contributed by atoms with Crippen molar-refractivity contribution in [1.29, 1.82) is 0 Å². The van der Waals surface area contributed by atoms with Crippen LogP contribution in [0.1, 0.15) is 22.3 Å². The lowest BCUT2D eigenvalue weighted by atomic mass is 9.95. The molecule has 5 rings (SSSR count). The second-order valence-corrected chi connectivity index (χ2v) is 12.6. The largest absolute Gasteiger partial charge is 0.493 e. The highest BCUT2D eigenvalue weighted by Crippen LogP contribution is 2.35. The first-order valence-corrected chi connectivity index (χ1v) is 15.1. The van der Waals surface area contributed by atoms with Gasteiger partial charge in [-0.1, -0.05) is 72.8 Å². The number of nitrogens with one attached hydrogen (secondary N) is 1. The number of sulfonamides is 1. The van der Waals surface area contributed by atoms with Gasteiger partial charge in [0.25, 0.3) is 0 Å². The maximum atomic E-state index is 12.5. The van der Waals surface area contributed by atoms with E-state index in [9.17, 15) is 21.9 Å². The van der Waals surface area contributed by atoms with Crippen LogP contribution in [-0.2, 0) is 39.8 Å². The Morgan fingerprint density at radius 2 is 1.76 bits per heavy atom. The van der Waals surface area contributed by atoms with E-state index in [2.05, 4.69) is 0 Å². The van der Waals surface area contributed by atoms with Gasteiger partial charge >= 0.3 is 10.2 Å². The molecule has 9 nitrogen and oxygen atoms in total. The quantitative estimate of drug-likeness (QED) is 0.461. The number of fused-ring (bicyclic) bond motifs is 1. The van der Waals surface area contributed by atoms with Crippen LogP contribution in [0, 0.1) is 0 Å². The third-order valence-electron chi connectivity index (χ3n) is 6.37. The Labute approximate surface area is 222 Å². The second-order valence-electron chi connectivity index (χ2n) is 9.13. The first-order valence-electron chi connectivity index (χ1n) is 11.9. The molecule has 0 bridgehead atoms. The summed E-state index contributed by atoms with van der Waals surface area (Å²) in [5.74, 6) is -0.220. The van der Waals surface area contributed by atoms with Gasteiger partial charge in [0.05, 0.1) is 12.5 Å². The van der Waals surface area contributed by atoms with Gasteiger partial charge in [0, 0.05) is 12.6 Å². The van der Waals surface area contributed by atoms with E-state index in [0.29, 0.717) is 18.5 Å². The van der Waals surface area contributed by atoms with Crippen molar-refractivity contribution < 1.29 is 26.7 Å². The molecular formula is C27H27N3O6S2. The Morgan fingerprint density at radius 3 is 2.45 bits per heavy atom. The van der Waals surface area contributed by atoms with Crippen molar-refractivity contribution in [2.75, 3.05) is 10.6 Å². The van der Waals surface area contributed by atoms with Gasteiger partial charge in [0.1, 0.15) is 18.0 Å². The Hall–Kier alpha value is -3.80. The molecule has 0 saturated heterocycles. The summed E-state index contributed by atoms with van der Waals surface area (Å²) >= 11 is 0. The van der Waals surface area contributed by atoms with Crippen molar-refractivity contribution in [3.05, 3.63) is 113 Å². The van der Waals surface area contributed by atoms with Gasteiger partial charge in [-0.3, -0.25) is 0 Å². The van der Waals surface area contributed by atoms with Crippen LogP contribution < -0.4 is 13.8 Å². The first kappa shape index (κ1) is 25.8. The summed E-state index contributed by atoms with van der Waals surface area (Å²) in [4.78, 5) is 0. The molecule has 38 heavy (non-hydrogen) atoms. The number of ether oxygens (including phenoxy) is 1. The molecule has 0 radical (unpaired) electrons. The smallest absolute Gasteiger partial charge is 0.330 e. The zero-order chi connectivity index (χ0) is 26.9. The molecule has 1 atom stereocenters. The average Bonchev–Trinajstić information content (AvgIpc) is 3.17. The van der Waals surface area contributed by atoms with Gasteiger partial charge in [-0.25, -0.2) is 17.4 Å². The normalized spacial score (nSPS) is 19.1. The van der Waals surface area contributed by atoms with Crippen molar-refractivity contribution in [3.8, 4) is 5.75 Å². The van der Waals surface area contributed by atoms with Crippen molar-refractivity contribution in [2.24, 2.45) is 0 Å². The van der Waals surface area contributed by atoms with E-state index in [1.165, 1.54) is 10.6 Å². The summed E-state index contributed by atoms with van der Waals surface area (Å²) in [6.07, 6.45) is 6.46. The Balaban J connectivity index is 1.47. The lowest BCUT2D eigenvalue weighted by Gasteiger charge is -2.33. The summed E-state index contributed by atoms with van der Waals surface area (Å²) in [7, 11) is -7.48. The summed E-state index contributed by atoms with van der Waals surface area (Å²) in [5.41, 5.74) is 3.90. The standard InChI is InChI=1S/C27H27N3O6S2/c1-37(32,33)29-17-23-10-6-5-9-22(23)16-24(29)13-11-20-12-14-25(30-18-27(31)28-38(30,34)35)26(15-20)36-19-21-7-3-2-4-8-21/h2-15,18,24,28,31H,16-17,19H2,1H3/t24-/m1/s1. The molecular weight excluding hydrogens is 526 g/mol. The molecule has 3 aromatic rings. The molecule has 0 aromatic heterocycles. The summed E-state index contributed by atoms with van der Waals surface area (Å²) in [6, 6.07) is 21.8. The maximum Gasteiger partial charge on any atom is 0.330 e. The number of benzene rings is 3. The molecule has 0 amide bonds. The molecule has 0 spiro atoms. The minimum Gasteiger partial charge on any atom is -0.493 e. The van der Waals surface area contributed by atoms with E-state index in [0.717, 1.165) is 27.2 Å². The van der Waals surface area contributed by atoms with Gasteiger partial charge in [-0.2, -0.15) is 12.7 Å². The van der Waals surface area contributed by atoms with Crippen LogP contribution in [0.15, 0.2) is 91.0 Å². The van der Waals surface area contributed by atoms with Crippen LogP contribution >= 0.6 is 0 Å². The highest BCUT2D eigenvalue weighted by atomic mass is 32.2. The topological polar surface area (TPSA) is 116 Å². The fourth-order valence-corrected chi connectivity index (χ4v) is 6.60. The Morgan fingerprint density at radius 1 is 1.05 bits per heavy atom. The summed E-state index contributed by atoms with van der Waals surface area (Å²) in [6.45, 7) is 0.489. The fraction of sp³-hybridized carbons (Fsp3) is 0.185. The molecule has 2 heterocycles. The van der Waals surface area contributed by atoms with Crippen LogP contribution in [0.2, 0.25) is 0 Å². The van der Waals surface area contributed by atoms with Gasteiger partial charge in [0.15, 0.2) is 0 Å². The van der Waals surface area contributed by atoms with E-state index >= 15 is 0 Å². The number of anilines is 1. The molecule has 0 fully saturated rings. The van der Waals surface area contributed by atoms with Crippen LogP contribution in [-0.4, -0.2) is 38.5 Å². The van der Waals surface area contributed by atoms with E-state index < -0.39 is 26.1 Å². The van der Waals surface area contributed by atoms with E-state index in [4.69, 9.17) is 4.74 Å². The molecule has 11 heteroatoms. The van der Waals surface area contributed by atoms with Crippen molar-refractivity contribution in [2.45, 2.75) is 25.6 Å². The highest BCUT2D eigenvalue weighted by Gasteiger charge is 2.32. The Bertz CT molecular complexity index is 1620. The zero-order valence-corrected chi connectivity index (χ0v) is 22.2. The highest BCUT2D eigenvalue weighted by molar-refractivity contribution is 7.91. The molecule has 0 saturated carbocycles. The molecule has 0 unspecified atom stereocenters.